The molecule has 0 aliphatic carbocycles. The van der Waals surface area contributed by atoms with E-state index in [-0.39, 0.29) is 0 Å². The third-order valence-electron chi connectivity index (χ3n) is 2.73. The Bertz CT molecular complexity index is 606. The minimum Gasteiger partial charge on any atom is -0.479 e. The number of aliphatic carboxylic acids is 1. The molecule has 0 unspecified atom stereocenters. The second-order valence-electron chi connectivity index (χ2n) is 4.65. The standard InChI is InChI=1S/C12H15N5O2/c1-8-13-5-4-10(15-8)16-9-6-14-17(7-9)12(2,3)11(18)19/h4-7H,1-3H3,(H,18,19)(H,13,15,16). The molecule has 0 bridgehead atoms. The molecule has 2 aromatic heterocycles. The predicted octanol–water partition coefficient (Wildman–Crippen LogP) is 1.54. The number of carbonyl (C=O) groups is 1. The highest BCUT2D eigenvalue weighted by Gasteiger charge is 2.30. The van der Waals surface area contributed by atoms with Crippen LogP contribution in [0.2, 0.25) is 0 Å². The van der Waals surface area contributed by atoms with Crippen molar-refractivity contribution in [2.24, 2.45) is 0 Å². The van der Waals surface area contributed by atoms with Crippen molar-refractivity contribution in [2.75, 3.05) is 5.32 Å². The molecule has 0 fully saturated rings. The zero-order chi connectivity index (χ0) is 14.0. The van der Waals surface area contributed by atoms with E-state index in [0.29, 0.717) is 17.3 Å². The van der Waals surface area contributed by atoms with Crippen molar-refractivity contribution in [3.8, 4) is 0 Å². The van der Waals surface area contributed by atoms with Gasteiger partial charge in [-0.25, -0.2) is 14.8 Å². The Morgan fingerprint density at radius 1 is 1.47 bits per heavy atom. The first-order valence-corrected chi connectivity index (χ1v) is 5.75. The van der Waals surface area contributed by atoms with E-state index in [0.717, 1.165) is 0 Å². The summed E-state index contributed by atoms with van der Waals surface area (Å²) in [6.45, 7) is 4.96. The first-order valence-electron chi connectivity index (χ1n) is 5.75. The summed E-state index contributed by atoms with van der Waals surface area (Å²) in [6, 6.07) is 1.73. The number of hydrogen-bond acceptors (Lipinski definition) is 5. The maximum atomic E-state index is 11.1. The molecule has 0 spiro atoms. The third-order valence-corrected chi connectivity index (χ3v) is 2.73. The highest BCUT2D eigenvalue weighted by molar-refractivity contribution is 5.75. The molecule has 2 N–H and O–H groups in total. The number of aryl methyl sites for hydroxylation is 1. The third kappa shape index (κ3) is 2.70. The number of carboxylic acid groups (broad SMARTS) is 1. The van der Waals surface area contributed by atoms with Gasteiger partial charge in [-0.15, -0.1) is 0 Å². The Balaban J connectivity index is 2.20. The van der Waals surface area contributed by atoms with Crippen molar-refractivity contribution in [3.05, 3.63) is 30.5 Å². The summed E-state index contributed by atoms with van der Waals surface area (Å²) in [5, 5.41) is 16.2. The van der Waals surface area contributed by atoms with Gasteiger partial charge in [0, 0.05) is 12.4 Å². The molecule has 0 saturated heterocycles. The summed E-state index contributed by atoms with van der Waals surface area (Å²) in [5.41, 5.74) is -0.422. The van der Waals surface area contributed by atoms with E-state index in [1.54, 1.807) is 45.4 Å². The summed E-state index contributed by atoms with van der Waals surface area (Å²) in [7, 11) is 0. The minimum absolute atomic E-state index is 0.639. The maximum Gasteiger partial charge on any atom is 0.331 e. The van der Waals surface area contributed by atoms with Crippen LogP contribution >= 0.6 is 0 Å². The molecule has 2 rings (SSSR count). The van der Waals surface area contributed by atoms with Gasteiger partial charge in [0.05, 0.1) is 11.9 Å². The van der Waals surface area contributed by atoms with Gasteiger partial charge in [0.2, 0.25) is 0 Å². The van der Waals surface area contributed by atoms with Gasteiger partial charge < -0.3 is 10.4 Å². The summed E-state index contributed by atoms with van der Waals surface area (Å²) < 4.78 is 1.39. The van der Waals surface area contributed by atoms with E-state index >= 15 is 0 Å². The molecule has 0 atom stereocenters. The number of carboxylic acids is 1. The number of rotatable bonds is 4. The van der Waals surface area contributed by atoms with Crippen LogP contribution in [0.1, 0.15) is 19.7 Å². The Morgan fingerprint density at radius 3 is 2.84 bits per heavy atom. The quantitative estimate of drug-likeness (QED) is 0.867. The molecule has 0 radical (unpaired) electrons. The zero-order valence-electron chi connectivity index (χ0n) is 11.0. The van der Waals surface area contributed by atoms with Crippen LogP contribution in [0.3, 0.4) is 0 Å². The molecule has 0 saturated carbocycles. The van der Waals surface area contributed by atoms with E-state index in [4.69, 9.17) is 5.11 Å². The molecule has 7 nitrogen and oxygen atoms in total. The van der Waals surface area contributed by atoms with Gasteiger partial charge in [0.15, 0.2) is 5.54 Å². The molecule has 0 aromatic carbocycles. The molecule has 19 heavy (non-hydrogen) atoms. The van der Waals surface area contributed by atoms with Crippen molar-refractivity contribution in [3.63, 3.8) is 0 Å². The molecule has 0 amide bonds. The minimum atomic E-state index is -1.10. The fourth-order valence-electron chi connectivity index (χ4n) is 1.46. The van der Waals surface area contributed by atoms with Crippen LogP contribution in [0, 0.1) is 6.92 Å². The lowest BCUT2D eigenvalue weighted by atomic mass is 10.1. The van der Waals surface area contributed by atoms with Crippen LogP contribution in [0.15, 0.2) is 24.7 Å². The number of nitrogens with one attached hydrogen (secondary N) is 1. The molecule has 7 heteroatoms. The summed E-state index contributed by atoms with van der Waals surface area (Å²) in [5.74, 6) is 0.350. The van der Waals surface area contributed by atoms with Gasteiger partial charge in [-0.3, -0.25) is 4.68 Å². The number of aromatic nitrogens is 4. The second-order valence-corrected chi connectivity index (χ2v) is 4.65. The lowest BCUT2D eigenvalue weighted by Crippen LogP contribution is -2.35. The van der Waals surface area contributed by atoms with Gasteiger partial charge >= 0.3 is 5.97 Å². The van der Waals surface area contributed by atoms with Crippen molar-refractivity contribution in [1.82, 2.24) is 19.7 Å². The average molecular weight is 261 g/mol. The fraction of sp³-hybridized carbons (Fsp3) is 0.333. The van der Waals surface area contributed by atoms with Crippen LogP contribution in [0.25, 0.3) is 0 Å². The van der Waals surface area contributed by atoms with Gasteiger partial charge in [-0.1, -0.05) is 0 Å². The molecule has 0 aliphatic rings. The average Bonchev–Trinajstić information content (AvgIpc) is 2.78. The highest BCUT2D eigenvalue weighted by atomic mass is 16.4. The Hall–Kier alpha value is -2.44. The largest absolute Gasteiger partial charge is 0.479 e. The first kappa shape index (κ1) is 13.0. The SMILES string of the molecule is Cc1nccc(Nc2cnn(C(C)(C)C(=O)O)c2)n1. The van der Waals surface area contributed by atoms with E-state index in [9.17, 15) is 4.79 Å². The van der Waals surface area contributed by atoms with Gasteiger partial charge in [-0.05, 0) is 26.8 Å². The first-order chi connectivity index (χ1) is 8.89. The lowest BCUT2D eigenvalue weighted by molar-refractivity contribution is -0.146. The lowest BCUT2D eigenvalue weighted by Gasteiger charge is -2.19. The van der Waals surface area contributed by atoms with Crippen LogP contribution in [0.5, 0.6) is 0 Å². The monoisotopic (exact) mass is 261 g/mol. The highest BCUT2D eigenvalue weighted by Crippen LogP contribution is 2.19. The van der Waals surface area contributed by atoms with E-state index in [2.05, 4.69) is 20.4 Å². The van der Waals surface area contributed by atoms with Gasteiger partial charge in [0.25, 0.3) is 0 Å². The smallest absolute Gasteiger partial charge is 0.331 e. The number of anilines is 2. The Labute approximate surface area is 110 Å². The van der Waals surface area contributed by atoms with E-state index in [1.807, 2.05) is 0 Å². The van der Waals surface area contributed by atoms with Gasteiger partial charge in [0.1, 0.15) is 11.6 Å². The normalized spacial score (nSPS) is 11.3. The van der Waals surface area contributed by atoms with Crippen LogP contribution < -0.4 is 5.32 Å². The Kier molecular flexibility index (Phi) is 3.20. The molecule has 2 heterocycles. The van der Waals surface area contributed by atoms with Crippen LogP contribution in [-0.2, 0) is 10.3 Å². The number of nitrogens with zero attached hydrogens (tertiary/aromatic N) is 4. The van der Waals surface area contributed by atoms with Crippen LogP contribution in [-0.4, -0.2) is 30.8 Å². The summed E-state index contributed by atoms with van der Waals surface area (Å²) >= 11 is 0. The Morgan fingerprint density at radius 2 is 2.21 bits per heavy atom. The van der Waals surface area contributed by atoms with Crippen molar-refractivity contribution >= 4 is 17.5 Å². The topological polar surface area (TPSA) is 92.9 Å². The van der Waals surface area contributed by atoms with Crippen LogP contribution in [0.4, 0.5) is 11.5 Å². The predicted molar refractivity (Wildman–Crippen MR) is 69.2 cm³/mol. The molecule has 0 aliphatic heterocycles. The maximum absolute atomic E-state index is 11.1. The van der Waals surface area contributed by atoms with E-state index < -0.39 is 11.5 Å². The zero-order valence-corrected chi connectivity index (χ0v) is 11.0. The van der Waals surface area contributed by atoms with Crippen molar-refractivity contribution in [1.29, 1.82) is 0 Å². The summed E-state index contributed by atoms with van der Waals surface area (Å²) in [4.78, 5) is 19.3. The van der Waals surface area contributed by atoms with E-state index in [1.165, 1.54) is 4.68 Å². The number of hydrogen-bond donors (Lipinski definition) is 2. The second kappa shape index (κ2) is 4.68. The fourth-order valence-corrected chi connectivity index (χ4v) is 1.46. The molecular formula is C12H15N5O2. The molecular weight excluding hydrogens is 246 g/mol. The van der Waals surface area contributed by atoms with Gasteiger partial charge in [-0.2, -0.15) is 5.10 Å². The molecule has 100 valence electrons. The summed E-state index contributed by atoms with van der Waals surface area (Å²) in [6.07, 6.45) is 4.84. The van der Waals surface area contributed by atoms with Crippen molar-refractivity contribution < 1.29 is 9.90 Å². The van der Waals surface area contributed by atoms with Crippen molar-refractivity contribution in [2.45, 2.75) is 26.3 Å². The molecule has 2 aromatic rings.